The molecule has 1 aromatic rings. The molecule has 1 aromatic carbocycles. The fourth-order valence-corrected chi connectivity index (χ4v) is 0.684. The van der Waals surface area contributed by atoms with Crippen molar-refractivity contribution >= 4 is 6.08 Å². The Morgan fingerprint density at radius 3 is 2.50 bits per heavy atom. The maximum absolute atomic E-state index is 8.07. The van der Waals surface area contributed by atoms with E-state index in [9.17, 15) is 0 Å². The van der Waals surface area contributed by atoms with Crippen LogP contribution in [0.15, 0.2) is 41.6 Å². The van der Waals surface area contributed by atoms with Crippen LogP contribution in [0, 0.1) is 0 Å². The monoisotopic (exact) mass is 131 g/mol. The minimum Gasteiger partial charge on any atom is -0.137 e. The summed E-state index contributed by atoms with van der Waals surface area (Å²) in [7, 11) is 0. The second-order valence-corrected chi connectivity index (χ2v) is 1.84. The number of hydrogen-bond acceptors (Lipinski definition) is 1. The molecular weight excluding hydrogens is 124 g/mol. The van der Waals surface area contributed by atoms with Gasteiger partial charge >= 0.3 is 0 Å². The Morgan fingerprint density at radius 2 is 1.90 bits per heavy atom. The summed E-state index contributed by atoms with van der Waals surface area (Å²) in [5.41, 5.74) is 9.09. The Bertz CT molecular complexity index is 226. The van der Waals surface area contributed by atoms with Crippen molar-refractivity contribution in [3.8, 4) is 0 Å². The molecule has 0 bridgehead atoms. The van der Waals surface area contributed by atoms with Gasteiger partial charge < -0.3 is 0 Å². The molecule has 0 saturated carbocycles. The van der Waals surface area contributed by atoms with Crippen molar-refractivity contribution in [2.24, 2.45) is 5.11 Å². The van der Waals surface area contributed by atoms with E-state index in [-0.39, 0.29) is 0 Å². The van der Waals surface area contributed by atoms with E-state index in [1.54, 1.807) is 6.08 Å². The first-order valence-electron chi connectivity index (χ1n) is 2.99. The van der Waals surface area contributed by atoms with Crippen molar-refractivity contribution in [3.63, 3.8) is 0 Å². The highest BCUT2D eigenvalue weighted by molar-refractivity contribution is 5.48. The minimum absolute atomic E-state index is 1.03. The smallest absolute Gasteiger partial charge is 0.0520 e. The van der Waals surface area contributed by atoms with Crippen LogP contribution in [0.25, 0.3) is 6.08 Å². The van der Waals surface area contributed by atoms with E-state index in [0.717, 1.165) is 5.56 Å². The SMILES string of the molecule is [N]=NC=Cc1ccccc1. The van der Waals surface area contributed by atoms with Gasteiger partial charge in [-0.15, -0.1) is 5.11 Å². The van der Waals surface area contributed by atoms with Crippen LogP contribution in [0.2, 0.25) is 0 Å². The van der Waals surface area contributed by atoms with E-state index >= 15 is 0 Å². The molecule has 0 unspecified atom stereocenters. The lowest BCUT2D eigenvalue weighted by Crippen LogP contribution is -1.66. The van der Waals surface area contributed by atoms with Gasteiger partial charge in [0.15, 0.2) is 0 Å². The van der Waals surface area contributed by atoms with E-state index in [4.69, 9.17) is 5.53 Å². The van der Waals surface area contributed by atoms with Crippen molar-refractivity contribution < 1.29 is 0 Å². The van der Waals surface area contributed by atoms with E-state index < -0.39 is 0 Å². The molecule has 0 amide bonds. The molecule has 1 rings (SSSR count). The lowest BCUT2D eigenvalue weighted by atomic mass is 10.2. The van der Waals surface area contributed by atoms with Gasteiger partial charge in [-0.2, -0.15) is 0 Å². The summed E-state index contributed by atoms with van der Waals surface area (Å²) in [5, 5.41) is 2.85. The minimum atomic E-state index is 1.03. The maximum Gasteiger partial charge on any atom is 0.0520 e. The third kappa shape index (κ3) is 1.82. The zero-order chi connectivity index (χ0) is 7.23. The summed E-state index contributed by atoms with van der Waals surface area (Å²) in [6, 6.07) is 9.66. The molecule has 1 radical (unpaired) electrons. The zero-order valence-electron chi connectivity index (χ0n) is 5.44. The Balaban J connectivity index is 2.76. The highest BCUT2D eigenvalue weighted by Crippen LogP contribution is 1.99. The molecule has 0 aromatic heterocycles. The first-order valence-corrected chi connectivity index (χ1v) is 2.99. The van der Waals surface area contributed by atoms with E-state index in [1.165, 1.54) is 6.20 Å². The predicted molar refractivity (Wildman–Crippen MR) is 40.0 cm³/mol. The highest BCUT2D eigenvalue weighted by Gasteiger charge is 1.79. The zero-order valence-corrected chi connectivity index (χ0v) is 5.44. The van der Waals surface area contributed by atoms with Gasteiger partial charge in [0, 0.05) is 0 Å². The van der Waals surface area contributed by atoms with Gasteiger partial charge in [-0.25, -0.2) is 0 Å². The van der Waals surface area contributed by atoms with Gasteiger partial charge in [0.25, 0.3) is 0 Å². The third-order valence-corrected chi connectivity index (χ3v) is 1.13. The Morgan fingerprint density at radius 1 is 1.20 bits per heavy atom. The molecule has 2 nitrogen and oxygen atoms in total. The molecule has 2 heteroatoms. The fraction of sp³-hybridized carbons (Fsp3) is 0. The molecule has 0 aliphatic carbocycles. The second-order valence-electron chi connectivity index (χ2n) is 1.84. The molecule has 0 aliphatic heterocycles. The van der Waals surface area contributed by atoms with Crippen LogP contribution in [0.1, 0.15) is 5.56 Å². The summed E-state index contributed by atoms with van der Waals surface area (Å²) in [5.74, 6) is 0. The van der Waals surface area contributed by atoms with Crippen LogP contribution in [0.4, 0.5) is 0 Å². The first kappa shape index (κ1) is 6.68. The number of nitrogens with zero attached hydrogens (tertiary/aromatic N) is 2. The summed E-state index contributed by atoms with van der Waals surface area (Å²) in [4.78, 5) is 0. The van der Waals surface area contributed by atoms with Gasteiger partial charge in [-0.3, -0.25) is 0 Å². The standard InChI is InChI=1S/C8H7N2/c9-10-7-6-8-4-2-1-3-5-8/h1-7H. The van der Waals surface area contributed by atoms with Gasteiger partial charge in [-0.1, -0.05) is 30.3 Å². The summed E-state index contributed by atoms with van der Waals surface area (Å²) in [6.45, 7) is 0. The molecular formula is C8H7N2. The van der Waals surface area contributed by atoms with Gasteiger partial charge in [0.1, 0.15) is 0 Å². The highest BCUT2D eigenvalue weighted by atomic mass is 14.9. The summed E-state index contributed by atoms with van der Waals surface area (Å²) < 4.78 is 0. The van der Waals surface area contributed by atoms with Crippen molar-refractivity contribution in [1.29, 1.82) is 0 Å². The summed E-state index contributed by atoms with van der Waals surface area (Å²) >= 11 is 0. The maximum atomic E-state index is 8.07. The number of benzene rings is 1. The molecule has 0 heterocycles. The molecule has 0 N–H and O–H groups in total. The lowest BCUT2D eigenvalue weighted by Gasteiger charge is -1.86. The normalized spacial score (nSPS) is 10.0. The molecule has 10 heavy (non-hydrogen) atoms. The number of hydrogen-bond donors (Lipinski definition) is 0. The fourth-order valence-electron chi connectivity index (χ4n) is 0.684. The Labute approximate surface area is 59.7 Å². The average Bonchev–Trinajstić information content (AvgIpc) is 2.03. The van der Waals surface area contributed by atoms with Crippen LogP contribution in [-0.2, 0) is 0 Å². The molecule has 0 aliphatic rings. The van der Waals surface area contributed by atoms with Gasteiger partial charge in [-0.05, 0) is 17.2 Å². The predicted octanol–water partition coefficient (Wildman–Crippen LogP) is 1.91. The topological polar surface area (TPSA) is 34.7 Å². The van der Waals surface area contributed by atoms with Crippen LogP contribution >= 0.6 is 0 Å². The van der Waals surface area contributed by atoms with Crippen molar-refractivity contribution in [1.82, 2.24) is 5.53 Å². The van der Waals surface area contributed by atoms with E-state index in [0.29, 0.717) is 0 Å². The van der Waals surface area contributed by atoms with Crippen molar-refractivity contribution in [2.45, 2.75) is 0 Å². The average molecular weight is 131 g/mol. The summed E-state index contributed by atoms with van der Waals surface area (Å²) in [6.07, 6.45) is 3.06. The largest absolute Gasteiger partial charge is 0.137 e. The van der Waals surface area contributed by atoms with Gasteiger partial charge in [0.2, 0.25) is 0 Å². The first-order chi connectivity index (χ1) is 4.93. The Hall–Kier alpha value is -1.44. The van der Waals surface area contributed by atoms with Crippen LogP contribution < -0.4 is 5.53 Å². The van der Waals surface area contributed by atoms with Crippen LogP contribution in [-0.4, -0.2) is 0 Å². The van der Waals surface area contributed by atoms with Crippen LogP contribution in [0.3, 0.4) is 0 Å². The molecule has 0 spiro atoms. The molecule has 49 valence electrons. The van der Waals surface area contributed by atoms with Gasteiger partial charge in [0.05, 0.1) is 6.20 Å². The molecule has 0 saturated heterocycles. The van der Waals surface area contributed by atoms with Crippen molar-refractivity contribution in [3.05, 3.63) is 42.1 Å². The molecule has 0 atom stereocenters. The van der Waals surface area contributed by atoms with Crippen molar-refractivity contribution in [2.75, 3.05) is 0 Å². The van der Waals surface area contributed by atoms with E-state index in [1.807, 2.05) is 30.3 Å². The second kappa shape index (κ2) is 3.56. The van der Waals surface area contributed by atoms with Crippen LogP contribution in [0.5, 0.6) is 0 Å². The van der Waals surface area contributed by atoms with E-state index in [2.05, 4.69) is 5.11 Å². The Kier molecular flexibility index (Phi) is 2.38. The third-order valence-electron chi connectivity index (χ3n) is 1.13. The quantitative estimate of drug-likeness (QED) is 0.549. The lowest BCUT2D eigenvalue weighted by molar-refractivity contribution is 1.31. The number of rotatable bonds is 2. The molecule has 0 fully saturated rings.